The first kappa shape index (κ1) is 21.8. The largest absolute Gasteiger partial charge is 0.378 e. The number of hydrogen-bond acceptors (Lipinski definition) is 7. The van der Waals surface area contributed by atoms with Gasteiger partial charge in [0.05, 0.1) is 18.1 Å². The molecule has 1 aliphatic rings. The molecule has 0 unspecified atom stereocenters. The number of benzene rings is 2. The monoisotopic (exact) mass is 421 g/mol. The van der Waals surface area contributed by atoms with Crippen LogP contribution in [-0.4, -0.2) is 51.2 Å². The Hall–Kier alpha value is -3.90. The summed E-state index contributed by atoms with van der Waals surface area (Å²) in [6, 6.07) is 13.8. The van der Waals surface area contributed by atoms with Gasteiger partial charge in [0.1, 0.15) is 17.3 Å². The minimum atomic E-state index is -0.582. The number of nitro groups is 1. The number of hydrogen-bond donors (Lipinski definition) is 1. The molecular formula is C22H23N5O4. The number of nitrogens with zero attached hydrogens (tertiary/aromatic N) is 4. The SMILES string of the molecule is CN(C)c1ccc(/C=C(\C#N)C(=O)Nc2ccc(N3CCOCC3)cc2)cc1[N+](=O)[O-]. The van der Waals surface area contributed by atoms with Crippen molar-refractivity contribution in [3.8, 4) is 6.07 Å². The highest BCUT2D eigenvalue weighted by atomic mass is 16.6. The fourth-order valence-corrected chi connectivity index (χ4v) is 3.25. The van der Waals surface area contributed by atoms with E-state index in [0.717, 1.165) is 18.8 Å². The lowest BCUT2D eigenvalue weighted by Crippen LogP contribution is -2.36. The van der Waals surface area contributed by atoms with E-state index >= 15 is 0 Å². The molecule has 3 rings (SSSR count). The van der Waals surface area contributed by atoms with E-state index in [0.29, 0.717) is 30.2 Å². The lowest BCUT2D eigenvalue weighted by Gasteiger charge is -2.28. The average molecular weight is 421 g/mol. The lowest BCUT2D eigenvalue weighted by atomic mass is 10.1. The summed E-state index contributed by atoms with van der Waals surface area (Å²) in [5.74, 6) is -0.582. The smallest absolute Gasteiger partial charge is 0.293 e. The van der Waals surface area contributed by atoms with Crippen LogP contribution in [0.3, 0.4) is 0 Å². The molecule has 9 nitrogen and oxygen atoms in total. The highest BCUT2D eigenvalue weighted by Gasteiger charge is 2.17. The Labute approximate surface area is 180 Å². The van der Waals surface area contributed by atoms with Crippen LogP contribution in [0.15, 0.2) is 48.0 Å². The Morgan fingerprint density at radius 2 is 1.90 bits per heavy atom. The van der Waals surface area contributed by atoms with Gasteiger partial charge in [-0.05, 0) is 42.0 Å². The zero-order chi connectivity index (χ0) is 22.4. The van der Waals surface area contributed by atoms with Crippen LogP contribution in [0, 0.1) is 21.4 Å². The van der Waals surface area contributed by atoms with Crippen molar-refractivity contribution in [1.29, 1.82) is 5.26 Å². The molecule has 0 saturated carbocycles. The van der Waals surface area contributed by atoms with E-state index < -0.39 is 10.8 Å². The van der Waals surface area contributed by atoms with Gasteiger partial charge in [-0.25, -0.2) is 0 Å². The van der Waals surface area contributed by atoms with E-state index in [1.54, 1.807) is 43.3 Å². The minimum Gasteiger partial charge on any atom is -0.378 e. The number of rotatable bonds is 6. The van der Waals surface area contributed by atoms with Crippen LogP contribution in [0.25, 0.3) is 6.08 Å². The summed E-state index contributed by atoms with van der Waals surface area (Å²) in [6.07, 6.45) is 1.34. The standard InChI is InChI=1S/C22H23N5O4/c1-25(2)20-8-3-16(14-21(20)27(29)30)13-17(15-23)22(28)24-18-4-6-19(7-5-18)26-9-11-31-12-10-26/h3-8,13-14H,9-12H2,1-2H3,(H,24,28)/b17-13+. The molecule has 0 bridgehead atoms. The van der Waals surface area contributed by atoms with E-state index in [-0.39, 0.29) is 11.3 Å². The zero-order valence-electron chi connectivity index (χ0n) is 17.4. The lowest BCUT2D eigenvalue weighted by molar-refractivity contribution is -0.384. The first-order valence-electron chi connectivity index (χ1n) is 9.70. The van der Waals surface area contributed by atoms with Crippen LogP contribution >= 0.6 is 0 Å². The second-order valence-corrected chi connectivity index (χ2v) is 7.17. The highest BCUT2D eigenvalue weighted by molar-refractivity contribution is 6.09. The highest BCUT2D eigenvalue weighted by Crippen LogP contribution is 2.28. The summed E-state index contributed by atoms with van der Waals surface area (Å²) in [5, 5.41) is 23.5. The fourth-order valence-electron chi connectivity index (χ4n) is 3.25. The van der Waals surface area contributed by atoms with Crippen LogP contribution in [-0.2, 0) is 9.53 Å². The molecule has 1 fully saturated rings. The average Bonchev–Trinajstić information content (AvgIpc) is 2.78. The number of morpholine rings is 1. The van der Waals surface area contributed by atoms with Crippen molar-refractivity contribution in [2.24, 2.45) is 0 Å². The molecule has 0 radical (unpaired) electrons. The molecule has 1 N–H and O–H groups in total. The number of anilines is 3. The molecule has 1 aliphatic heterocycles. The summed E-state index contributed by atoms with van der Waals surface area (Å²) < 4.78 is 5.35. The number of nitro benzene ring substituents is 1. The maximum Gasteiger partial charge on any atom is 0.293 e. The van der Waals surface area contributed by atoms with Gasteiger partial charge in [-0.1, -0.05) is 6.07 Å². The quantitative estimate of drug-likeness (QED) is 0.330. The summed E-state index contributed by atoms with van der Waals surface area (Å²) in [5.41, 5.74) is 2.17. The third kappa shape index (κ3) is 5.38. The molecule has 1 saturated heterocycles. The van der Waals surface area contributed by atoms with E-state index in [1.807, 2.05) is 18.2 Å². The Kier molecular flexibility index (Phi) is 6.85. The molecule has 0 aliphatic carbocycles. The molecule has 0 aromatic heterocycles. The van der Waals surface area contributed by atoms with Gasteiger partial charge in [-0.15, -0.1) is 0 Å². The van der Waals surface area contributed by atoms with Crippen LogP contribution in [0.2, 0.25) is 0 Å². The zero-order valence-corrected chi connectivity index (χ0v) is 17.4. The maximum absolute atomic E-state index is 12.6. The normalized spacial score (nSPS) is 14.0. The van der Waals surface area contributed by atoms with Gasteiger partial charge in [-0.2, -0.15) is 5.26 Å². The molecule has 0 spiro atoms. The molecule has 0 atom stereocenters. The van der Waals surface area contributed by atoms with Crippen molar-refractivity contribution in [2.45, 2.75) is 0 Å². The number of nitriles is 1. The van der Waals surface area contributed by atoms with Crippen LogP contribution < -0.4 is 15.1 Å². The molecule has 2 aromatic carbocycles. The van der Waals surface area contributed by atoms with Crippen LogP contribution in [0.1, 0.15) is 5.56 Å². The third-order valence-electron chi connectivity index (χ3n) is 4.86. The molecule has 1 amide bonds. The predicted octanol–water partition coefficient (Wildman–Crippen LogP) is 3.04. The molecule has 2 aromatic rings. The van der Waals surface area contributed by atoms with Gasteiger partial charge in [0.15, 0.2) is 0 Å². The number of nitrogens with one attached hydrogen (secondary N) is 1. The molecular weight excluding hydrogens is 398 g/mol. The predicted molar refractivity (Wildman–Crippen MR) is 119 cm³/mol. The minimum absolute atomic E-state index is 0.102. The molecule has 160 valence electrons. The van der Waals surface area contributed by atoms with Gasteiger partial charge in [0, 0.05) is 44.6 Å². The number of ether oxygens (including phenoxy) is 1. The van der Waals surface area contributed by atoms with Gasteiger partial charge in [0.25, 0.3) is 11.6 Å². The van der Waals surface area contributed by atoms with E-state index in [9.17, 15) is 20.2 Å². The topological polar surface area (TPSA) is 112 Å². The first-order chi connectivity index (χ1) is 14.9. The summed E-state index contributed by atoms with van der Waals surface area (Å²) in [7, 11) is 3.41. The Morgan fingerprint density at radius 1 is 1.23 bits per heavy atom. The number of carbonyl (C=O) groups excluding carboxylic acids is 1. The summed E-state index contributed by atoms with van der Waals surface area (Å²) >= 11 is 0. The summed E-state index contributed by atoms with van der Waals surface area (Å²) in [4.78, 5) is 27.2. The summed E-state index contributed by atoms with van der Waals surface area (Å²) in [6.45, 7) is 2.99. The van der Waals surface area contributed by atoms with Crippen LogP contribution in [0.4, 0.5) is 22.7 Å². The van der Waals surface area contributed by atoms with E-state index in [2.05, 4.69) is 10.2 Å². The van der Waals surface area contributed by atoms with Gasteiger partial charge in [0.2, 0.25) is 0 Å². The van der Waals surface area contributed by atoms with Crippen molar-refractivity contribution in [1.82, 2.24) is 0 Å². The van der Waals surface area contributed by atoms with Gasteiger partial charge >= 0.3 is 0 Å². The number of amides is 1. The molecule has 31 heavy (non-hydrogen) atoms. The fraction of sp³-hybridized carbons (Fsp3) is 0.273. The van der Waals surface area contributed by atoms with Crippen molar-refractivity contribution < 1.29 is 14.5 Å². The van der Waals surface area contributed by atoms with Crippen molar-refractivity contribution in [3.05, 3.63) is 63.7 Å². The Morgan fingerprint density at radius 3 is 2.48 bits per heavy atom. The van der Waals surface area contributed by atoms with Crippen molar-refractivity contribution in [2.75, 3.05) is 55.5 Å². The third-order valence-corrected chi connectivity index (χ3v) is 4.86. The maximum atomic E-state index is 12.6. The molecule has 1 heterocycles. The van der Waals surface area contributed by atoms with Gasteiger partial charge in [-0.3, -0.25) is 14.9 Å². The van der Waals surface area contributed by atoms with Crippen molar-refractivity contribution >= 4 is 34.7 Å². The first-order valence-corrected chi connectivity index (χ1v) is 9.70. The number of carbonyl (C=O) groups is 1. The Bertz CT molecular complexity index is 1030. The van der Waals surface area contributed by atoms with E-state index in [1.165, 1.54) is 12.1 Å². The Balaban J connectivity index is 1.75. The van der Waals surface area contributed by atoms with Crippen molar-refractivity contribution in [3.63, 3.8) is 0 Å². The van der Waals surface area contributed by atoms with E-state index in [4.69, 9.17) is 4.74 Å². The second-order valence-electron chi connectivity index (χ2n) is 7.17. The molecule has 9 heteroatoms. The van der Waals surface area contributed by atoms with Crippen LogP contribution in [0.5, 0.6) is 0 Å². The van der Waals surface area contributed by atoms with Gasteiger partial charge < -0.3 is 19.9 Å². The second kappa shape index (κ2) is 9.73.